The molecule has 1 amide bonds. The van der Waals surface area contributed by atoms with E-state index in [0.717, 1.165) is 50.2 Å². The predicted molar refractivity (Wildman–Crippen MR) is 104 cm³/mol. The number of aromatic nitrogens is 4. The smallest absolute Gasteiger partial charge is 0.257 e. The van der Waals surface area contributed by atoms with E-state index >= 15 is 0 Å². The fourth-order valence-corrected chi connectivity index (χ4v) is 4.74. The molecule has 1 atom stereocenters. The lowest BCUT2D eigenvalue weighted by atomic mass is 9.77. The summed E-state index contributed by atoms with van der Waals surface area (Å²) < 4.78 is 7.11. The Morgan fingerprint density at radius 2 is 2.14 bits per heavy atom. The number of nitrogens with zero attached hydrogens (tertiary/aromatic N) is 4. The van der Waals surface area contributed by atoms with Crippen molar-refractivity contribution in [2.24, 2.45) is 0 Å². The number of amides is 1. The van der Waals surface area contributed by atoms with Gasteiger partial charge in [0.25, 0.3) is 5.91 Å². The minimum atomic E-state index is 0.0262. The molecule has 1 spiro atoms. The highest BCUT2D eigenvalue weighted by Gasteiger charge is 2.44. The number of aryl methyl sites for hydroxylation is 1. The largest absolute Gasteiger partial charge is 0.494 e. The third-order valence-corrected chi connectivity index (χ3v) is 6.15. The lowest BCUT2D eigenvalue weighted by Crippen LogP contribution is -2.47. The third kappa shape index (κ3) is 2.61. The van der Waals surface area contributed by atoms with Crippen LogP contribution in [-0.2, 0) is 11.8 Å². The first-order chi connectivity index (χ1) is 13.7. The van der Waals surface area contributed by atoms with Gasteiger partial charge < -0.3 is 9.64 Å². The first kappa shape index (κ1) is 17.0. The number of hydrogen-bond acceptors (Lipinski definition) is 4. The second kappa shape index (κ2) is 6.51. The van der Waals surface area contributed by atoms with Crippen molar-refractivity contribution in [3.8, 4) is 11.4 Å². The second-order valence-electron chi connectivity index (χ2n) is 7.73. The van der Waals surface area contributed by atoms with Crippen LogP contribution < -0.4 is 4.74 Å². The SMILES string of the molecule is COc1ccccc1-n1cc(C(=O)N2CCCC3(CCc4cn[nH]c43)C2)cn1. The highest BCUT2D eigenvalue weighted by molar-refractivity contribution is 5.94. The van der Waals surface area contributed by atoms with Crippen LogP contribution >= 0.6 is 0 Å². The number of hydrogen-bond donors (Lipinski definition) is 1. The summed E-state index contributed by atoms with van der Waals surface area (Å²) >= 11 is 0. The zero-order valence-electron chi connectivity index (χ0n) is 15.9. The molecule has 7 heteroatoms. The maximum absolute atomic E-state index is 13.2. The molecule has 28 heavy (non-hydrogen) atoms. The Balaban J connectivity index is 1.39. The van der Waals surface area contributed by atoms with Gasteiger partial charge in [0.1, 0.15) is 11.4 Å². The Labute approximate surface area is 163 Å². The molecule has 2 aliphatic rings. The van der Waals surface area contributed by atoms with Crippen LogP contribution in [0.4, 0.5) is 0 Å². The lowest BCUT2D eigenvalue weighted by molar-refractivity contribution is 0.0633. The minimum absolute atomic E-state index is 0.0262. The van der Waals surface area contributed by atoms with Crippen LogP contribution in [0.2, 0.25) is 0 Å². The number of carbonyl (C=O) groups excluding carboxylic acids is 1. The fraction of sp³-hybridized carbons (Fsp3) is 0.381. The number of nitrogens with one attached hydrogen (secondary N) is 1. The summed E-state index contributed by atoms with van der Waals surface area (Å²) in [5.74, 6) is 0.757. The highest BCUT2D eigenvalue weighted by atomic mass is 16.5. The number of fused-ring (bicyclic) bond motifs is 2. The first-order valence-corrected chi connectivity index (χ1v) is 9.70. The number of benzene rings is 1. The molecule has 1 aliphatic carbocycles. The number of aromatic amines is 1. The van der Waals surface area contributed by atoms with Gasteiger partial charge in [-0.2, -0.15) is 10.2 Å². The van der Waals surface area contributed by atoms with Gasteiger partial charge in [0, 0.05) is 30.4 Å². The van der Waals surface area contributed by atoms with Gasteiger partial charge in [-0.15, -0.1) is 0 Å². The topological polar surface area (TPSA) is 76.0 Å². The minimum Gasteiger partial charge on any atom is -0.494 e. The fourth-order valence-electron chi connectivity index (χ4n) is 4.74. The average Bonchev–Trinajstić information content (AvgIpc) is 3.47. The van der Waals surface area contributed by atoms with E-state index in [2.05, 4.69) is 15.3 Å². The molecule has 1 saturated heterocycles. The summed E-state index contributed by atoms with van der Waals surface area (Å²) in [4.78, 5) is 15.2. The Morgan fingerprint density at radius 3 is 3.04 bits per heavy atom. The number of H-pyrrole nitrogens is 1. The molecule has 0 saturated carbocycles. The van der Waals surface area contributed by atoms with Crippen LogP contribution in [0.3, 0.4) is 0 Å². The standard InChI is InChI=1S/C21H23N5O2/c1-28-18-6-3-2-5-17(18)26-13-16(12-23-26)20(27)25-10-4-8-21(14-25)9-7-15-11-22-24-19(15)21/h2-3,5-6,11-13H,4,7-10,14H2,1H3,(H,22,24). The normalized spacial score (nSPS) is 21.1. The molecule has 3 aromatic rings. The zero-order valence-corrected chi connectivity index (χ0v) is 15.9. The summed E-state index contributed by atoms with van der Waals surface area (Å²) in [5.41, 5.74) is 3.98. The van der Waals surface area contributed by atoms with Crippen molar-refractivity contribution in [2.45, 2.75) is 31.1 Å². The molecular formula is C21H23N5O2. The molecule has 1 aromatic carbocycles. The number of para-hydroxylation sites is 2. The van der Waals surface area contributed by atoms with Crippen molar-refractivity contribution in [2.75, 3.05) is 20.2 Å². The summed E-state index contributed by atoms with van der Waals surface area (Å²) in [6, 6.07) is 7.65. The molecule has 1 aliphatic heterocycles. The Kier molecular flexibility index (Phi) is 3.96. The van der Waals surface area contributed by atoms with Gasteiger partial charge in [-0.1, -0.05) is 12.1 Å². The summed E-state index contributed by atoms with van der Waals surface area (Å²) in [7, 11) is 1.63. The van der Waals surface area contributed by atoms with Gasteiger partial charge in [-0.25, -0.2) is 4.68 Å². The monoisotopic (exact) mass is 377 g/mol. The van der Waals surface area contributed by atoms with E-state index < -0.39 is 0 Å². The molecule has 5 rings (SSSR count). The van der Waals surface area contributed by atoms with E-state index in [1.54, 1.807) is 24.2 Å². The molecule has 1 unspecified atom stereocenters. The molecule has 1 N–H and O–H groups in total. The molecular weight excluding hydrogens is 354 g/mol. The number of carbonyl (C=O) groups is 1. The van der Waals surface area contributed by atoms with Crippen molar-refractivity contribution in [1.82, 2.24) is 24.9 Å². The quantitative estimate of drug-likeness (QED) is 0.761. The van der Waals surface area contributed by atoms with Crippen molar-refractivity contribution < 1.29 is 9.53 Å². The number of piperidine rings is 1. The molecule has 1 fully saturated rings. The number of rotatable bonds is 3. The van der Waals surface area contributed by atoms with Gasteiger partial charge in [0.2, 0.25) is 0 Å². The van der Waals surface area contributed by atoms with Gasteiger partial charge in [-0.3, -0.25) is 9.89 Å². The molecule has 7 nitrogen and oxygen atoms in total. The van der Waals surface area contributed by atoms with E-state index in [-0.39, 0.29) is 11.3 Å². The first-order valence-electron chi connectivity index (χ1n) is 9.70. The molecule has 2 aromatic heterocycles. The zero-order chi connectivity index (χ0) is 19.1. The van der Waals surface area contributed by atoms with Crippen molar-refractivity contribution in [1.29, 1.82) is 0 Å². The Bertz CT molecular complexity index is 1020. The Hall–Kier alpha value is -3.09. The van der Waals surface area contributed by atoms with Gasteiger partial charge in [-0.05, 0) is 43.4 Å². The van der Waals surface area contributed by atoms with Crippen LogP contribution in [0.1, 0.15) is 40.9 Å². The number of methoxy groups -OCH3 is 1. The Morgan fingerprint density at radius 1 is 1.25 bits per heavy atom. The predicted octanol–water partition coefficient (Wildman–Crippen LogP) is 2.72. The number of ether oxygens (including phenoxy) is 1. The highest BCUT2D eigenvalue weighted by Crippen LogP contribution is 2.44. The summed E-state index contributed by atoms with van der Waals surface area (Å²) in [5, 5.41) is 11.8. The maximum Gasteiger partial charge on any atom is 0.257 e. The van der Waals surface area contributed by atoms with Crippen LogP contribution in [0.5, 0.6) is 5.75 Å². The van der Waals surface area contributed by atoms with E-state index in [0.29, 0.717) is 5.56 Å². The van der Waals surface area contributed by atoms with E-state index in [4.69, 9.17) is 4.74 Å². The average molecular weight is 377 g/mol. The third-order valence-electron chi connectivity index (χ3n) is 6.15. The summed E-state index contributed by atoms with van der Waals surface area (Å²) in [6.45, 7) is 1.52. The van der Waals surface area contributed by atoms with Crippen molar-refractivity contribution in [3.05, 3.63) is 59.7 Å². The molecule has 0 radical (unpaired) electrons. The van der Waals surface area contributed by atoms with E-state index in [1.807, 2.05) is 35.4 Å². The lowest BCUT2D eigenvalue weighted by Gasteiger charge is -2.40. The number of likely N-dealkylation sites (tertiary alicyclic amines) is 1. The van der Waals surface area contributed by atoms with Crippen LogP contribution in [0.15, 0.2) is 42.9 Å². The van der Waals surface area contributed by atoms with Gasteiger partial charge in [0.15, 0.2) is 0 Å². The van der Waals surface area contributed by atoms with Crippen LogP contribution in [0.25, 0.3) is 5.69 Å². The van der Waals surface area contributed by atoms with Crippen LogP contribution in [-0.4, -0.2) is 51.0 Å². The van der Waals surface area contributed by atoms with Gasteiger partial charge >= 0.3 is 0 Å². The van der Waals surface area contributed by atoms with E-state index in [9.17, 15) is 4.79 Å². The van der Waals surface area contributed by atoms with E-state index in [1.165, 1.54) is 11.3 Å². The van der Waals surface area contributed by atoms with Crippen molar-refractivity contribution >= 4 is 5.91 Å². The second-order valence-corrected chi connectivity index (χ2v) is 7.73. The van der Waals surface area contributed by atoms with Crippen molar-refractivity contribution in [3.63, 3.8) is 0 Å². The maximum atomic E-state index is 13.2. The summed E-state index contributed by atoms with van der Waals surface area (Å²) in [6.07, 6.45) is 9.60. The molecule has 0 bridgehead atoms. The molecule has 3 heterocycles. The molecule has 144 valence electrons. The van der Waals surface area contributed by atoms with Crippen LogP contribution in [0, 0.1) is 0 Å². The van der Waals surface area contributed by atoms with Gasteiger partial charge in [0.05, 0.1) is 25.1 Å².